The third kappa shape index (κ3) is 5.55. The molecule has 0 aliphatic carbocycles. The summed E-state index contributed by atoms with van der Waals surface area (Å²) in [7, 11) is 0. The monoisotopic (exact) mass is 332 g/mol. The number of alkyl halides is 3. The van der Waals surface area contributed by atoms with E-state index in [1.54, 1.807) is 0 Å². The Morgan fingerprint density at radius 1 is 1.18 bits per heavy atom. The molecule has 0 spiro atoms. The lowest BCUT2D eigenvalue weighted by molar-refractivity contribution is -0.145. The van der Waals surface area contributed by atoms with Crippen LogP contribution in [0.25, 0.3) is 0 Å². The Hall–Kier alpha value is -1.17. The van der Waals surface area contributed by atoms with Gasteiger partial charge in [0, 0.05) is 6.42 Å². The van der Waals surface area contributed by atoms with E-state index >= 15 is 0 Å². The van der Waals surface area contributed by atoms with Crippen molar-refractivity contribution in [3.63, 3.8) is 0 Å². The predicted molar refractivity (Wildman–Crippen MR) is 80.5 cm³/mol. The molecule has 0 N–H and O–H groups in total. The summed E-state index contributed by atoms with van der Waals surface area (Å²) in [5.41, 5.74) is -0.131. The van der Waals surface area contributed by atoms with Crippen molar-refractivity contribution in [1.82, 2.24) is 0 Å². The highest BCUT2D eigenvalue weighted by atomic mass is 32.2. The Labute approximate surface area is 132 Å². The molecule has 1 aromatic carbocycles. The van der Waals surface area contributed by atoms with Gasteiger partial charge in [0.2, 0.25) is 0 Å². The van der Waals surface area contributed by atoms with Crippen molar-refractivity contribution in [2.75, 3.05) is 11.5 Å². The Balaban J connectivity index is 1.71. The third-order valence-electron chi connectivity index (χ3n) is 3.78. The molecule has 0 amide bonds. The van der Waals surface area contributed by atoms with Gasteiger partial charge in [0.15, 0.2) is 0 Å². The molecule has 0 unspecified atom stereocenters. The van der Waals surface area contributed by atoms with E-state index in [1.165, 1.54) is 12.1 Å². The first-order chi connectivity index (χ1) is 10.4. The van der Waals surface area contributed by atoms with Gasteiger partial charge in [-0.2, -0.15) is 24.9 Å². The number of ether oxygens (including phenoxy) is 1. The van der Waals surface area contributed by atoms with E-state index in [1.807, 2.05) is 11.8 Å². The number of carbonyl (C=O) groups excluding carboxylic acids is 1. The molecule has 1 heterocycles. The van der Waals surface area contributed by atoms with E-state index in [9.17, 15) is 18.0 Å². The smallest absolute Gasteiger partial charge is 0.416 e. The van der Waals surface area contributed by atoms with Crippen molar-refractivity contribution in [1.29, 1.82) is 0 Å². The second-order valence-corrected chi connectivity index (χ2v) is 6.67. The minimum absolute atomic E-state index is 0.0253. The minimum atomic E-state index is -4.34. The lowest BCUT2D eigenvalue weighted by Crippen LogP contribution is -2.13. The summed E-state index contributed by atoms with van der Waals surface area (Å²) < 4.78 is 42.4. The van der Waals surface area contributed by atoms with Crippen molar-refractivity contribution in [3.05, 3.63) is 35.4 Å². The maximum Gasteiger partial charge on any atom is 0.416 e. The molecular weight excluding hydrogens is 313 g/mol. The maximum atomic E-state index is 12.4. The molecule has 2 nitrogen and oxygen atoms in total. The molecule has 122 valence electrons. The highest BCUT2D eigenvalue weighted by Crippen LogP contribution is 2.29. The summed E-state index contributed by atoms with van der Waals surface area (Å²) in [6.45, 7) is 0.0253. The van der Waals surface area contributed by atoms with Crippen molar-refractivity contribution in [2.45, 2.75) is 38.5 Å². The minimum Gasteiger partial charge on any atom is -0.461 e. The van der Waals surface area contributed by atoms with Gasteiger partial charge in [-0.1, -0.05) is 12.1 Å². The highest BCUT2D eigenvalue weighted by molar-refractivity contribution is 7.99. The van der Waals surface area contributed by atoms with Gasteiger partial charge in [0.25, 0.3) is 0 Å². The van der Waals surface area contributed by atoms with Crippen molar-refractivity contribution < 1.29 is 22.7 Å². The zero-order valence-electron chi connectivity index (χ0n) is 12.2. The van der Waals surface area contributed by atoms with Gasteiger partial charge in [-0.05, 0) is 54.4 Å². The van der Waals surface area contributed by atoms with E-state index in [-0.39, 0.29) is 12.6 Å². The summed E-state index contributed by atoms with van der Waals surface area (Å²) in [6, 6.07) is 4.69. The first kappa shape index (κ1) is 17.2. The normalized spacial score (nSPS) is 16.5. The summed E-state index contributed by atoms with van der Waals surface area (Å²) in [5, 5.41) is 0. The molecular formula is C16H19F3O2S. The van der Waals surface area contributed by atoms with Gasteiger partial charge in [-0.3, -0.25) is 4.79 Å². The predicted octanol–water partition coefficient (Wildman–Crippen LogP) is 4.67. The lowest BCUT2D eigenvalue weighted by Gasteiger charge is -2.20. The average Bonchev–Trinajstić information content (AvgIpc) is 2.51. The second-order valence-electron chi connectivity index (χ2n) is 5.45. The molecule has 1 aromatic rings. The highest BCUT2D eigenvalue weighted by Gasteiger charge is 2.29. The molecule has 2 rings (SSSR count). The Bertz CT molecular complexity index is 479. The Kier molecular flexibility index (Phi) is 6.17. The van der Waals surface area contributed by atoms with Crippen LogP contribution in [0.4, 0.5) is 13.2 Å². The number of carbonyl (C=O) groups is 1. The maximum absolute atomic E-state index is 12.4. The van der Waals surface area contributed by atoms with Crippen molar-refractivity contribution >= 4 is 17.7 Å². The molecule has 0 bridgehead atoms. The van der Waals surface area contributed by atoms with E-state index in [0.29, 0.717) is 17.9 Å². The van der Waals surface area contributed by atoms with Crippen LogP contribution in [-0.2, 0) is 22.3 Å². The first-order valence-electron chi connectivity index (χ1n) is 7.34. The molecule has 0 aromatic heterocycles. The van der Waals surface area contributed by atoms with Crippen molar-refractivity contribution in [2.24, 2.45) is 5.92 Å². The fraction of sp³-hybridized carbons (Fsp3) is 0.562. The molecule has 6 heteroatoms. The van der Waals surface area contributed by atoms with E-state index < -0.39 is 11.7 Å². The van der Waals surface area contributed by atoms with E-state index in [4.69, 9.17) is 4.74 Å². The van der Waals surface area contributed by atoms with E-state index in [0.717, 1.165) is 42.9 Å². The van der Waals surface area contributed by atoms with Crippen molar-refractivity contribution in [3.8, 4) is 0 Å². The van der Waals surface area contributed by atoms with Crippen LogP contribution in [0.5, 0.6) is 0 Å². The zero-order chi connectivity index (χ0) is 16.0. The van der Waals surface area contributed by atoms with Gasteiger partial charge in [0.05, 0.1) is 5.56 Å². The fourth-order valence-electron chi connectivity index (χ4n) is 2.38. The van der Waals surface area contributed by atoms with Gasteiger partial charge in [-0.15, -0.1) is 0 Å². The number of hydrogen-bond acceptors (Lipinski definition) is 3. The number of hydrogen-bond donors (Lipinski definition) is 0. The van der Waals surface area contributed by atoms with E-state index in [2.05, 4.69) is 0 Å². The first-order valence-corrected chi connectivity index (χ1v) is 8.50. The molecule has 1 fully saturated rings. The van der Waals surface area contributed by atoms with Crippen LogP contribution in [0.1, 0.15) is 36.8 Å². The molecule has 0 atom stereocenters. The molecule has 0 saturated carbocycles. The van der Waals surface area contributed by atoms with Crippen LogP contribution in [-0.4, -0.2) is 17.5 Å². The van der Waals surface area contributed by atoms with Crippen LogP contribution in [0, 0.1) is 5.92 Å². The van der Waals surface area contributed by atoms with Crippen LogP contribution in [0.15, 0.2) is 24.3 Å². The number of esters is 1. The number of rotatable bonds is 5. The standard InChI is InChI=1S/C16H19F3O2S/c17-16(18,19)14-4-1-13(2-5-14)11-21-15(20)6-3-12-7-9-22-10-8-12/h1-2,4-5,12H,3,6-11H2. The van der Waals surface area contributed by atoms with Crippen LogP contribution in [0.2, 0.25) is 0 Å². The molecule has 1 aliphatic heterocycles. The SMILES string of the molecule is O=C(CCC1CCSCC1)OCc1ccc(C(F)(F)F)cc1. The summed E-state index contributed by atoms with van der Waals surface area (Å²) in [4.78, 5) is 11.7. The van der Waals surface area contributed by atoms with Crippen LogP contribution < -0.4 is 0 Å². The largest absolute Gasteiger partial charge is 0.461 e. The summed E-state index contributed by atoms with van der Waals surface area (Å²) in [5.74, 6) is 2.63. The third-order valence-corrected chi connectivity index (χ3v) is 4.83. The Morgan fingerprint density at radius 2 is 1.82 bits per heavy atom. The lowest BCUT2D eigenvalue weighted by atomic mass is 9.97. The Morgan fingerprint density at radius 3 is 2.41 bits per heavy atom. The molecule has 0 radical (unpaired) electrons. The quantitative estimate of drug-likeness (QED) is 0.733. The summed E-state index contributed by atoms with van der Waals surface area (Å²) >= 11 is 1.95. The topological polar surface area (TPSA) is 26.3 Å². The van der Waals surface area contributed by atoms with Crippen LogP contribution >= 0.6 is 11.8 Å². The second kappa shape index (κ2) is 7.90. The average molecular weight is 332 g/mol. The van der Waals surface area contributed by atoms with Gasteiger partial charge in [0.1, 0.15) is 6.61 Å². The molecule has 1 saturated heterocycles. The zero-order valence-corrected chi connectivity index (χ0v) is 13.0. The number of halogens is 3. The summed E-state index contributed by atoms with van der Waals surface area (Å²) in [6.07, 6.45) is -0.816. The molecule has 22 heavy (non-hydrogen) atoms. The van der Waals surface area contributed by atoms with Gasteiger partial charge < -0.3 is 4.74 Å². The molecule has 1 aliphatic rings. The van der Waals surface area contributed by atoms with Gasteiger partial charge >= 0.3 is 12.1 Å². The number of thioether (sulfide) groups is 1. The van der Waals surface area contributed by atoms with Gasteiger partial charge in [-0.25, -0.2) is 0 Å². The fourth-order valence-corrected chi connectivity index (χ4v) is 3.59. The van der Waals surface area contributed by atoms with Crippen LogP contribution in [0.3, 0.4) is 0 Å². The number of benzene rings is 1.